The second-order valence-electron chi connectivity index (χ2n) is 8.02. The smallest absolute Gasteiger partial charge is 0.267 e. The number of carbonyl (C=O) groups excluding carboxylic acids is 2. The van der Waals surface area contributed by atoms with Gasteiger partial charge in [0.15, 0.2) is 0 Å². The number of sulfonamides is 1. The first-order chi connectivity index (χ1) is 14.5. The van der Waals surface area contributed by atoms with E-state index in [4.69, 9.17) is 0 Å². The van der Waals surface area contributed by atoms with Crippen molar-refractivity contribution in [1.82, 2.24) is 9.21 Å². The number of hydrogen-bond acceptors (Lipinski definition) is 4. The molecule has 2 aliphatic rings. The van der Waals surface area contributed by atoms with Gasteiger partial charge in [-0.05, 0) is 49.3 Å². The minimum Gasteiger partial charge on any atom is -0.341 e. The van der Waals surface area contributed by atoms with Gasteiger partial charge in [0.2, 0.25) is 11.8 Å². The SMILES string of the molecule is O=C([C@H]1CCC(=O)N1S(=O)(=O)c1ccccc1)N1CCC(Cc2ccccc2)CC1. The van der Waals surface area contributed by atoms with Crippen LogP contribution in [0.25, 0.3) is 0 Å². The van der Waals surface area contributed by atoms with Gasteiger partial charge in [-0.1, -0.05) is 48.5 Å². The number of hydrogen-bond donors (Lipinski definition) is 0. The van der Waals surface area contributed by atoms with Gasteiger partial charge < -0.3 is 4.90 Å². The van der Waals surface area contributed by atoms with Crippen LogP contribution in [-0.4, -0.2) is 48.6 Å². The summed E-state index contributed by atoms with van der Waals surface area (Å²) in [6, 6.07) is 17.2. The molecule has 6 nitrogen and oxygen atoms in total. The quantitative estimate of drug-likeness (QED) is 0.737. The Morgan fingerprint density at radius 1 is 0.900 bits per heavy atom. The van der Waals surface area contributed by atoms with Crippen LogP contribution < -0.4 is 0 Å². The van der Waals surface area contributed by atoms with Gasteiger partial charge in [0.05, 0.1) is 4.90 Å². The summed E-state index contributed by atoms with van der Waals surface area (Å²) in [6.45, 7) is 1.19. The zero-order chi connectivity index (χ0) is 21.1. The van der Waals surface area contributed by atoms with E-state index in [0.29, 0.717) is 19.0 Å². The summed E-state index contributed by atoms with van der Waals surface area (Å²) in [6.07, 6.45) is 3.07. The summed E-state index contributed by atoms with van der Waals surface area (Å²) in [7, 11) is -4.04. The third-order valence-corrected chi connectivity index (χ3v) is 7.88. The molecule has 0 unspecified atom stereocenters. The first kappa shape index (κ1) is 20.6. The Hall–Kier alpha value is -2.67. The molecule has 0 spiro atoms. The highest BCUT2D eigenvalue weighted by Crippen LogP contribution is 2.30. The van der Waals surface area contributed by atoms with Crippen LogP contribution in [0.15, 0.2) is 65.6 Å². The molecule has 4 rings (SSSR count). The van der Waals surface area contributed by atoms with Crippen LogP contribution in [0.3, 0.4) is 0 Å². The van der Waals surface area contributed by atoms with Crippen molar-refractivity contribution in [3.63, 3.8) is 0 Å². The fraction of sp³-hybridized carbons (Fsp3) is 0.391. The molecule has 0 bridgehead atoms. The van der Waals surface area contributed by atoms with Crippen molar-refractivity contribution in [3.05, 3.63) is 66.2 Å². The summed E-state index contributed by atoms with van der Waals surface area (Å²) < 4.78 is 26.9. The Morgan fingerprint density at radius 2 is 1.50 bits per heavy atom. The maximum absolute atomic E-state index is 13.2. The molecule has 158 valence electrons. The molecule has 0 aliphatic carbocycles. The van der Waals surface area contributed by atoms with Crippen molar-refractivity contribution in [2.45, 2.75) is 43.0 Å². The number of amides is 2. The molecular formula is C23H26N2O4S. The zero-order valence-corrected chi connectivity index (χ0v) is 17.6. The summed E-state index contributed by atoms with van der Waals surface area (Å²) in [4.78, 5) is 27.4. The molecule has 0 radical (unpaired) electrons. The molecule has 1 atom stereocenters. The average molecular weight is 427 g/mol. The van der Waals surface area contributed by atoms with Crippen molar-refractivity contribution >= 4 is 21.8 Å². The molecule has 0 aromatic heterocycles. The van der Waals surface area contributed by atoms with E-state index < -0.39 is 22.0 Å². The topological polar surface area (TPSA) is 74.8 Å². The first-order valence-electron chi connectivity index (χ1n) is 10.4. The van der Waals surface area contributed by atoms with Crippen LogP contribution in [0.2, 0.25) is 0 Å². The first-order valence-corrected chi connectivity index (χ1v) is 11.9. The van der Waals surface area contributed by atoms with E-state index in [1.54, 1.807) is 23.1 Å². The summed E-state index contributed by atoms with van der Waals surface area (Å²) in [5.74, 6) is -0.250. The van der Waals surface area contributed by atoms with E-state index in [1.807, 2.05) is 18.2 Å². The van der Waals surface area contributed by atoms with Crippen molar-refractivity contribution in [1.29, 1.82) is 0 Å². The molecular weight excluding hydrogens is 400 g/mol. The van der Waals surface area contributed by atoms with Gasteiger partial charge in [-0.2, -0.15) is 0 Å². The largest absolute Gasteiger partial charge is 0.341 e. The second kappa shape index (κ2) is 8.60. The van der Waals surface area contributed by atoms with Crippen molar-refractivity contribution in [3.8, 4) is 0 Å². The molecule has 0 saturated carbocycles. The van der Waals surface area contributed by atoms with Crippen molar-refractivity contribution < 1.29 is 18.0 Å². The Labute approximate surface area is 177 Å². The number of benzene rings is 2. The van der Waals surface area contributed by atoms with Crippen molar-refractivity contribution in [2.75, 3.05) is 13.1 Å². The minimum atomic E-state index is -4.04. The predicted molar refractivity (Wildman–Crippen MR) is 113 cm³/mol. The van der Waals surface area contributed by atoms with Gasteiger partial charge in [-0.3, -0.25) is 9.59 Å². The molecule has 2 saturated heterocycles. The molecule has 2 aromatic carbocycles. The third-order valence-electron chi connectivity index (χ3n) is 6.04. The van der Waals surface area contributed by atoms with Crippen LogP contribution in [0.5, 0.6) is 0 Å². The van der Waals surface area contributed by atoms with Crippen LogP contribution >= 0.6 is 0 Å². The lowest BCUT2D eigenvalue weighted by Crippen LogP contribution is -2.51. The molecule has 2 amide bonds. The average Bonchev–Trinajstić information content (AvgIpc) is 3.17. The number of nitrogens with zero attached hydrogens (tertiary/aromatic N) is 2. The fourth-order valence-electron chi connectivity index (χ4n) is 4.41. The van der Waals surface area contributed by atoms with E-state index in [9.17, 15) is 18.0 Å². The highest BCUT2D eigenvalue weighted by atomic mass is 32.2. The van der Waals surface area contributed by atoms with Gasteiger partial charge in [0.25, 0.3) is 10.0 Å². The molecule has 2 aliphatic heterocycles. The number of piperidine rings is 1. The van der Waals surface area contributed by atoms with E-state index >= 15 is 0 Å². The number of rotatable bonds is 5. The lowest BCUT2D eigenvalue weighted by molar-refractivity contribution is -0.139. The van der Waals surface area contributed by atoms with E-state index in [1.165, 1.54) is 17.7 Å². The lowest BCUT2D eigenvalue weighted by atomic mass is 9.90. The van der Waals surface area contributed by atoms with Crippen LogP contribution in [0.4, 0.5) is 0 Å². The molecule has 0 N–H and O–H groups in total. The zero-order valence-electron chi connectivity index (χ0n) is 16.8. The van der Waals surface area contributed by atoms with E-state index in [-0.39, 0.29) is 23.6 Å². The highest BCUT2D eigenvalue weighted by molar-refractivity contribution is 7.89. The van der Waals surface area contributed by atoms with E-state index in [0.717, 1.165) is 23.6 Å². The van der Waals surface area contributed by atoms with Gasteiger partial charge in [0, 0.05) is 19.5 Å². The van der Waals surface area contributed by atoms with Gasteiger partial charge in [-0.15, -0.1) is 0 Å². The monoisotopic (exact) mass is 426 g/mol. The second-order valence-corrected chi connectivity index (χ2v) is 9.84. The molecule has 2 heterocycles. The van der Waals surface area contributed by atoms with Crippen LogP contribution in [-0.2, 0) is 26.0 Å². The molecule has 7 heteroatoms. The number of likely N-dealkylation sites (tertiary alicyclic amines) is 1. The van der Waals surface area contributed by atoms with Gasteiger partial charge >= 0.3 is 0 Å². The summed E-state index contributed by atoms with van der Waals surface area (Å²) in [5.41, 5.74) is 1.30. The maximum Gasteiger partial charge on any atom is 0.267 e. The number of carbonyl (C=O) groups is 2. The molecule has 30 heavy (non-hydrogen) atoms. The van der Waals surface area contributed by atoms with Crippen molar-refractivity contribution in [2.24, 2.45) is 5.92 Å². The normalized spacial score (nSPS) is 20.5. The van der Waals surface area contributed by atoms with Gasteiger partial charge in [-0.25, -0.2) is 12.7 Å². The Morgan fingerprint density at radius 3 is 2.13 bits per heavy atom. The summed E-state index contributed by atoms with van der Waals surface area (Å²) in [5, 5.41) is 0. The van der Waals surface area contributed by atoms with Crippen LogP contribution in [0, 0.1) is 5.92 Å². The standard InChI is InChI=1S/C23H26N2O4S/c26-22-12-11-21(25(22)30(28,29)20-9-5-2-6-10-20)23(27)24-15-13-19(14-16-24)17-18-7-3-1-4-8-18/h1-10,19,21H,11-17H2/t21-/m1/s1. The maximum atomic E-state index is 13.2. The molecule has 2 aromatic rings. The fourth-order valence-corrected chi connectivity index (χ4v) is 6.03. The Kier molecular flexibility index (Phi) is 5.90. The lowest BCUT2D eigenvalue weighted by Gasteiger charge is -2.35. The van der Waals surface area contributed by atoms with Crippen LogP contribution in [0.1, 0.15) is 31.2 Å². The third kappa shape index (κ3) is 4.12. The highest BCUT2D eigenvalue weighted by Gasteiger charge is 2.45. The molecule has 2 fully saturated rings. The Balaban J connectivity index is 1.43. The van der Waals surface area contributed by atoms with E-state index in [2.05, 4.69) is 12.1 Å². The predicted octanol–water partition coefficient (Wildman–Crippen LogP) is 2.85. The Bertz CT molecular complexity index is 1000. The summed E-state index contributed by atoms with van der Waals surface area (Å²) >= 11 is 0. The van der Waals surface area contributed by atoms with Gasteiger partial charge in [0.1, 0.15) is 6.04 Å². The minimum absolute atomic E-state index is 0.0413.